The highest BCUT2D eigenvalue weighted by atomic mass is 35.5. The predicted octanol–water partition coefficient (Wildman–Crippen LogP) is 3.05. The van der Waals surface area contributed by atoms with Gasteiger partial charge in [-0.15, -0.1) is 0 Å². The zero-order valence-electron chi connectivity index (χ0n) is 13.4. The van der Waals surface area contributed by atoms with Crippen molar-refractivity contribution in [3.63, 3.8) is 0 Å². The first-order valence-corrected chi connectivity index (χ1v) is 8.39. The molecule has 0 unspecified atom stereocenters. The minimum Gasteiger partial charge on any atom is -0.454 e. The number of benzene rings is 1. The molecule has 0 N–H and O–H groups in total. The molecule has 0 radical (unpaired) electrons. The van der Waals surface area contributed by atoms with Gasteiger partial charge >= 0.3 is 0 Å². The van der Waals surface area contributed by atoms with Crippen molar-refractivity contribution in [2.24, 2.45) is 0 Å². The van der Waals surface area contributed by atoms with Crippen LogP contribution in [0.4, 0.5) is 0 Å². The monoisotopic (exact) mass is 347 g/mol. The van der Waals surface area contributed by atoms with Crippen LogP contribution in [0.5, 0.6) is 11.5 Å². The van der Waals surface area contributed by atoms with Gasteiger partial charge in [-0.3, -0.25) is 4.79 Å². The molecule has 0 bridgehead atoms. The van der Waals surface area contributed by atoms with Crippen molar-refractivity contribution in [3.8, 4) is 11.5 Å². The summed E-state index contributed by atoms with van der Waals surface area (Å²) >= 11 is 6.20. The van der Waals surface area contributed by atoms with Gasteiger partial charge in [0.15, 0.2) is 11.5 Å². The maximum absolute atomic E-state index is 12.9. The van der Waals surface area contributed by atoms with Crippen LogP contribution in [-0.2, 0) is 0 Å². The standard InChI is InChI=1S/C17H18ClN3O3/c1-11-19-4-6-21(11)13-3-2-5-20(9-13)17(22)12-7-14(18)16-15(8-12)23-10-24-16/h4,6-8,13H,2-3,5,9-10H2,1H3/t13-/m1/s1. The van der Waals surface area contributed by atoms with E-state index in [-0.39, 0.29) is 18.7 Å². The molecule has 2 aliphatic heterocycles. The largest absolute Gasteiger partial charge is 0.454 e. The first-order chi connectivity index (χ1) is 11.6. The Morgan fingerprint density at radius 3 is 3.04 bits per heavy atom. The molecule has 1 atom stereocenters. The zero-order chi connectivity index (χ0) is 16.7. The van der Waals surface area contributed by atoms with E-state index in [1.807, 2.05) is 18.0 Å². The summed E-state index contributed by atoms with van der Waals surface area (Å²) < 4.78 is 12.8. The van der Waals surface area contributed by atoms with Crippen LogP contribution < -0.4 is 9.47 Å². The van der Waals surface area contributed by atoms with Crippen LogP contribution in [0, 0.1) is 6.92 Å². The van der Waals surface area contributed by atoms with Crippen molar-refractivity contribution < 1.29 is 14.3 Å². The SMILES string of the molecule is Cc1nccn1[C@@H]1CCCN(C(=O)c2cc(Cl)c3c(c2)OCO3)C1. The van der Waals surface area contributed by atoms with E-state index in [0.29, 0.717) is 28.6 Å². The molecule has 0 saturated carbocycles. The molecular formula is C17H18ClN3O3. The average Bonchev–Trinajstić information content (AvgIpc) is 3.23. The van der Waals surface area contributed by atoms with Crippen LogP contribution in [0.15, 0.2) is 24.5 Å². The molecule has 6 nitrogen and oxygen atoms in total. The Balaban J connectivity index is 1.56. The van der Waals surface area contributed by atoms with Gasteiger partial charge in [-0.2, -0.15) is 0 Å². The molecule has 1 amide bonds. The summed E-state index contributed by atoms with van der Waals surface area (Å²) in [6.45, 7) is 3.54. The third-order valence-electron chi connectivity index (χ3n) is 4.61. The van der Waals surface area contributed by atoms with Crippen LogP contribution in [0.2, 0.25) is 5.02 Å². The number of piperidine rings is 1. The number of rotatable bonds is 2. The summed E-state index contributed by atoms with van der Waals surface area (Å²) in [4.78, 5) is 19.1. The third-order valence-corrected chi connectivity index (χ3v) is 4.89. The van der Waals surface area contributed by atoms with E-state index in [4.69, 9.17) is 21.1 Å². The minimum absolute atomic E-state index is 0.0299. The van der Waals surface area contributed by atoms with E-state index in [0.717, 1.165) is 25.2 Å². The summed E-state index contributed by atoms with van der Waals surface area (Å²) in [5, 5.41) is 0.410. The maximum Gasteiger partial charge on any atom is 0.254 e. The number of carbonyl (C=O) groups is 1. The summed E-state index contributed by atoms with van der Waals surface area (Å²) in [6.07, 6.45) is 5.79. The van der Waals surface area contributed by atoms with Crippen LogP contribution in [0.25, 0.3) is 0 Å². The summed E-state index contributed by atoms with van der Waals surface area (Å²) in [5.41, 5.74) is 0.534. The first-order valence-electron chi connectivity index (χ1n) is 8.01. The second kappa shape index (κ2) is 6.02. The summed E-state index contributed by atoms with van der Waals surface area (Å²) in [6, 6.07) is 3.63. The molecule has 0 aliphatic carbocycles. The van der Waals surface area contributed by atoms with E-state index in [1.165, 1.54) is 0 Å². The molecule has 1 aromatic carbocycles. The number of hydrogen-bond acceptors (Lipinski definition) is 4. The molecule has 3 heterocycles. The van der Waals surface area contributed by atoms with Gasteiger partial charge in [0.25, 0.3) is 5.91 Å². The fraction of sp³-hybridized carbons (Fsp3) is 0.412. The van der Waals surface area contributed by atoms with Crippen LogP contribution in [0.1, 0.15) is 35.1 Å². The highest BCUT2D eigenvalue weighted by molar-refractivity contribution is 6.32. The highest BCUT2D eigenvalue weighted by Crippen LogP contribution is 2.40. The number of imidazole rings is 1. The first kappa shape index (κ1) is 15.3. The average molecular weight is 348 g/mol. The molecule has 2 aromatic rings. The van der Waals surface area contributed by atoms with E-state index >= 15 is 0 Å². The topological polar surface area (TPSA) is 56.6 Å². The Labute approximate surface area is 144 Å². The minimum atomic E-state index is -0.0299. The van der Waals surface area contributed by atoms with Crippen molar-refractivity contribution in [1.82, 2.24) is 14.5 Å². The summed E-state index contributed by atoms with van der Waals surface area (Å²) in [5.74, 6) is 1.99. The van der Waals surface area contributed by atoms with Gasteiger partial charge in [-0.25, -0.2) is 4.98 Å². The van der Waals surface area contributed by atoms with Crippen LogP contribution in [0.3, 0.4) is 0 Å². The van der Waals surface area contributed by atoms with E-state index < -0.39 is 0 Å². The number of halogens is 1. The van der Waals surface area contributed by atoms with Gasteiger partial charge < -0.3 is 18.9 Å². The van der Waals surface area contributed by atoms with Crippen molar-refractivity contribution in [3.05, 3.63) is 40.9 Å². The van der Waals surface area contributed by atoms with Crippen molar-refractivity contribution in [2.45, 2.75) is 25.8 Å². The maximum atomic E-state index is 12.9. The molecule has 7 heteroatoms. The molecular weight excluding hydrogens is 330 g/mol. The van der Waals surface area contributed by atoms with Crippen molar-refractivity contribution in [1.29, 1.82) is 0 Å². The molecule has 0 spiro atoms. The quantitative estimate of drug-likeness (QED) is 0.837. The number of carbonyl (C=O) groups excluding carboxylic acids is 1. The lowest BCUT2D eigenvalue weighted by molar-refractivity contribution is 0.0678. The second-order valence-corrected chi connectivity index (χ2v) is 6.53. The fourth-order valence-electron chi connectivity index (χ4n) is 3.41. The number of fused-ring (bicyclic) bond motifs is 1. The lowest BCUT2D eigenvalue weighted by Crippen LogP contribution is -2.40. The number of amides is 1. The number of hydrogen-bond donors (Lipinski definition) is 0. The van der Waals surface area contributed by atoms with E-state index in [2.05, 4.69) is 9.55 Å². The predicted molar refractivity (Wildman–Crippen MR) is 88.7 cm³/mol. The molecule has 2 aliphatic rings. The Hall–Kier alpha value is -2.21. The van der Waals surface area contributed by atoms with Gasteiger partial charge in [-0.1, -0.05) is 11.6 Å². The van der Waals surface area contributed by atoms with Crippen LogP contribution in [-0.4, -0.2) is 40.2 Å². The van der Waals surface area contributed by atoms with Gasteiger partial charge in [0.05, 0.1) is 11.1 Å². The lowest BCUT2D eigenvalue weighted by atomic mass is 10.0. The lowest BCUT2D eigenvalue weighted by Gasteiger charge is -2.34. The van der Waals surface area contributed by atoms with Crippen molar-refractivity contribution >= 4 is 17.5 Å². The molecule has 1 fully saturated rings. The smallest absolute Gasteiger partial charge is 0.254 e. The Morgan fingerprint density at radius 1 is 1.38 bits per heavy atom. The summed E-state index contributed by atoms with van der Waals surface area (Å²) in [7, 11) is 0. The van der Waals surface area contributed by atoms with E-state index in [1.54, 1.807) is 18.3 Å². The molecule has 126 valence electrons. The van der Waals surface area contributed by atoms with Gasteiger partial charge in [0, 0.05) is 31.0 Å². The number of aryl methyl sites for hydroxylation is 1. The Bertz CT molecular complexity index is 789. The molecule has 1 saturated heterocycles. The van der Waals surface area contributed by atoms with Gasteiger partial charge in [-0.05, 0) is 31.9 Å². The zero-order valence-corrected chi connectivity index (χ0v) is 14.1. The van der Waals surface area contributed by atoms with Gasteiger partial charge in [0.2, 0.25) is 6.79 Å². The van der Waals surface area contributed by atoms with Crippen molar-refractivity contribution in [2.75, 3.05) is 19.9 Å². The number of nitrogens with zero attached hydrogens (tertiary/aromatic N) is 3. The normalized spacial score (nSPS) is 19.6. The van der Waals surface area contributed by atoms with Crippen LogP contribution >= 0.6 is 11.6 Å². The second-order valence-electron chi connectivity index (χ2n) is 6.12. The molecule has 24 heavy (non-hydrogen) atoms. The molecule has 1 aromatic heterocycles. The number of aromatic nitrogens is 2. The highest BCUT2D eigenvalue weighted by Gasteiger charge is 2.28. The Morgan fingerprint density at radius 2 is 2.25 bits per heavy atom. The van der Waals surface area contributed by atoms with Gasteiger partial charge in [0.1, 0.15) is 5.82 Å². The number of ether oxygens (including phenoxy) is 2. The van der Waals surface area contributed by atoms with E-state index in [9.17, 15) is 4.79 Å². The third kappa shape index (κ3) is 2.60. The number of likely N-dealkylation sites (tertiary alicyclic amines) is 1. The molecule has 4 rings (SSSR count). The fourth-order valence-corrected chi connectivity index (χ4v) is 3.68. The Kier molecular flexibility index (Phi) is 3.84.